The molecule has 0 radical (unpaired) electrons. The second kappa shape index (κ2) is 7.44. The molecule has 0 aliphatic heterocycles. The van der Waals surface area contributed by atoms with Crippen LogP contribution in [0.25, 0.3) is 0 Å². The Morgan fingerprint density at radius 2 is 1.46 bits per heavy atom. The summed E-state index contributed by atoms with van der Waals surface area (Å²) in [6.45, 7) is 1.00. The summed E-state index contributed by atoms with van der Waals surface area (Å²) in [4.78, 5) is 12.2. The summed E-state index contributed by atoms with van der Waals surface area (Å²) in [6.07, 6.45) is 1.22. The fourth-order valence-corrected chi connectivity index (χ4v) is 3.29. The third kappa shape index (κ3) is 3.94. The van der Waals surface area contributed by atoms with Gasteiger partial charge in [0.15, 0.2) is 0 Å². The molecule has 1 aliphatic rings. The van der Waals surface area contributed by atoms with Gasteiger partial charge in [-0.1, -0.05) is 48.5 Å². The second-order valence-electron chi connectivity index (χ2n) is 6.79. The Morgan fingerprint density at radius 3 is 2.15 bits per heavy atom. The van der Waals surface area contributed by atoms with Gasteiger partial charge in [-0.3, -0.25) is 4.79 Å². The van der Waals surface area contributed by atoms with Crippen molar-refractivity contribution < 1.29 is 4.79 Å². The largest absolute Gasteiger partial charge is 0.385 e. The van der Waals surface area contributed by atoms with Gasteiger partial charge < -0.3 is 10.6 Å². The Labute approximate surface area is 154 Å². The van der Waals surface area contributed by atoms with Gasteiger partial charge in [0.2, 0.25) is 0 Å². The molecule has 1 fully saturated rings. The number of hydrogen-bond acceptors (Lipinski definition) is 2. The van der Waals surface area contributed by atoms with Crippen LogP contribution in [-0.2, 0) is 0 Å². The zero-order valence-electron chi connectivity index (χ0n) is 14.6. The molecular formula is C23H22N2O. The van der Waals surface area contributed by atoms with E-state index < -0.39 is 0 Å². The minimum absolute atomic E-state index is 0.0743. The number of anilines is 2. The summed E-state index contributed by atoms with van der Waals surface area (Å²) < 4.78 is 0. The normalized spacial score (nSPS) is 18.2. The van der Waals surface area contributed by atoms with Crippen LogP contribution >= 0.6 is 0 Å². The molecule has 2 N–H and O–H groups in total. The number of amides is 1. The number of rotatable bonds is 6. The molecule has 0 saturated heterocycles. The molecule has 26 heavy (non-hydrogen) atoms. The Morgan fingerprint density at radius 1 is 0.808 bits per heavy atom. The fourth-order valence-electron chi connectivity index (χ4n) is 3.29. The van der Waals surface area contributed by atoms with Gasteiger partial charge in [0.1, 0.15) is 0 Å². The van der Waals surface area contributed by atoms with Gasteiger partial charge in [-0.05, 0) is 60.2 Å². The van der Waals surface area contributed by atoms with Gasteiger partial charge in [0.25, 0.3) is 5.91 Å². The second-order valence-corrected chi connectivity index (χ2v) is 6.79. The monoisotopic (exact) mass is 342 g/mol. The Hall–Kier alpha value is -3.07. The predicted molar refractivity (Wildman–Crippen MR) is 107 cm³/mol. The Bertz CT molecular complexity index is 860. The quantitative estimate of drug-likeness (QED) is 0.650. The van der Waals surface area contributed by atoms with Crippen LogP contribution in [0.3, 0.4) is 0 Å². The molecule has 0 bridgehead atoms. The standard InChI is InChI=1S/C23H22N2O/c26-23(18-7-3-1-4-8-18)25-21-13-11-17(12-14-21)22-15-19(22)16-24-20-9-5-2-6-10-20/h1-14,19,22,24H,15-16H2,(H,25,26). The minimum atomic E-state index is -0.0743. The lowest BCUT2D eigenvalue weighted by molar-refractivity contribution is 0.102. The maximum Gasteiger partial charge on any atom is 0.255 e. The lowest BCUT2D eigenvalue weighted by Crippen LogP contribution is -2.11. The average molecular weight is 342 g/mol. The van der Waals surface area contributed by atoms with E-state index in [-0.39, 0.29) is 5.91 Å². The van der Waals surface area contributed by atoms with Crippen molar-refractivity contribution in [1.82, 2.24) is 0 Å². The first-order chi connectivity index (χ1) is 12.8. The highest BCUT2D eigenvalue weighted by molar-refractivity contribution is 6.04. The first-order valence-corrected chi connectivity index (χ1v) is 9.05. The summed E-state index contributed by atoms with van der Waals surface area (Å²) in [7, 11) is 0. The molecule has 3 heteroatoms. The molecule has 0 spiro atoms. The van der Waals surface area contributed by atoms with E-state index in [1.807, 2.05) is 48.5 Å². The molecule has 4 rings (SSSR count). The van der Waals surface area contributed by atoms with Gasteiger partial charge in [-0.15, -0.1) is 0 Å². The molecule has 1 aliphatic carbocycles. The zero-order chi connectivity index (χ0) is 17.8. The van der Waals surface area contributed by atoms with Crippen LogP contribution in [0.2, 0.25) is 0 Å². The summed E-state index contributed by atoms with van der Waals surface area (Å²) in [5.41, 5.74) is 4.03. The third-order valence-electron chi connectivity index (χ3n) is 4.90. The Balaban J connectivity index is 1.30. The van der Waals surface area contributed by atoms with Crippen molar-refractivity contribution in [1.29, 1.82) is 0 Å². The highest BCUT2D eigenvalue weighted by Crippen LogP contribution is 2.47. The van der Waals surface area contributed by atoms with Crippen LogP contribution in [0.1, 0.15) is 28.3 Å². The summed E-state index contributed by atoms with van der Waals surface area (Å²) >= 11 is 0. The molecule has 3 aromatic rings. The van der Waals surface area contributed by atoms with Gasteiger partial charge in [0.05, 0.1) is 0 Å². The number of benzene rings is 3. The van der Waals surface area contributed by atoms with Crippen LogP contribution in [0.15, 0.2) is 84.9 Å². The van der Waals surface area contributed by atoms with Crippen LogP contribution in [0, 0.1) is 5.92 Å². The maximum absolute atomic E-state index is 12.2. The predicted octanol–water partition coefficient (Wildman–Crippen LogP) is 5.15. The van der Waals surface area contributed by atoms with E-state index in [1.54, 1.807) is 0 Å². The van der Waals surface area contributed by atoms with E-state index in [0.29, 0.717) is 17.4 Å². The molecule has 1 saturated carbocycles. The van der Waals surface area contributed by atoms with Crippen molar-refractivity contribution in [2.75, 3.05) is 17.2 Å². The maximum atomic E-state index is 12.2. The third-order valence-corrected chi connectivity index (χ3v) is 4.90. The van der Waals surface area contributed by atoms with Crippen LogP contribution in [-0.4, -0.2) is 12.5 Å². The molecule has 0 heterocycles. The first-order valence-electron chi connectivity index (χ1n) is 9.05. The molecule has 3 aromatic carbocycles. The van der Waals surface area contributed by atoms with Gasteiger partial charge in [-0.25, -0.2) is 0 Å². The van der Waals surface area contributed by atoms with E-state index >= 15 is 0 Å². The molecule has 130 valence electrons. The minimum Gasteiger partial charge on any atom is -0.385 e. The van der Waals surface area contributed by atoms with Crippen molar-refractivity contribution in [3.05, 3.63) is 96.1 Å². The van der Waals surface area contributed by atoms with E-state index in [0.717, 1.165) is 12.2 Å². The van der Waals surface area contributed by atoms with E-state index in [9.17, 15) is 4.79 Å². The van der Waals surface area contributed by atoms with E-state index in [4.69, 9.17) is 0 Å². The summed E-state index contributed by atoms with van der Waals surface area (Å²) in [5.74, 6) is 1.22. The van der Waals surface area contributed by atoms with Gasteiger partial charge >= 0.3 is 0 Å². The number of nitrogens with one attached hydrogen (secondary N) is 2. The van der Waals surface area contributed by atoms with Crippen molar-refractivity contribution >= 4 is 17.3 Å². The molecule has 2 atom stereocenters. The average Bonchev–Trinajstić information content (AvgIpc) is 3.48. The number of para-hydroxylation sites is 1. The van der Waals surface area contributed by atoms with Crippen molar-refractivity contribution in [3.8, 4) is 0 Å². The molecule has 0 aromatic heterocycles. The van der Waals surface area contributed by atoms with Crippen molar-refractivity contribution in [3.63, 3.8) is 0 Å². The van der Waals surface area contributed by atoms with Gasteiger partial charge in [-0.2, -0.15) is 0 Å². The molecular weight excluding hydrogens is 320 g/mol. The van der Waals surface area contributed by atoms with E-state index in [1.165, 1.54) is 17.7 Å². The van der Waals surface area contributed by atoms with Gasteiger partial charge in [0, 0.05) is 23.5 Å². The molecule has 3 nitrogen and oxygen atoms in total. The van der Waals surface area contributed by atoms with Crippen LogP contribution in [0.5, 0.6) is 0 Å². The van der Waals surface area contributed by atoms with Crippen molar-refractivity contribution in [2.24, 2.45) is 5.92 Å². The zero-order valence-corrected chi connectivity index (χ0v) is 14.6. The highest BCUT2D eigenvalue weighted by atomic mass is 16.1. The highest BCUT2D eigenvalue weighted by Gasteiger charge is 2.37. The van der Waals surface area contributed by atoms with Crippen LogP contribution in [0.4, 0.5) is 11.4 Å². The molecule has 1 amide bonds. The topological polar surface area (TPSA) is 41.1 Å². The summed E-state index contributed by atoms with van der Waals surface area (Å²) in [6, 6.07) is 27.9. The van der Waals surface area contributed by atoms with Crippen LogP contribution < -0.4 is 10.6 Å². The van der Waals surface area contributed by atoms with E-state index in [2.05, 4.69) is 47.0 Å². The fraction of sp³-hybridized carbons (Fsp3) is 0.174. The Kier molecular flexibility index (Phi) is 4.69. The number of carbonyl (C=O) groups is 1. The first kappa shape index (κ1) is 16.4. The molecule has 2 unspecified atom stereocenters. The lowest BCUT2D eigenvalue weighted by atomic mass is 10.1. The lowest BCUT2D eigenvalue weighted by Gasteiger charge is -2.08. The summed E-state index contributed by atoms with van der Waals surface area (Å²) in [5, 5.41) is 6.46. The SMILES string of the molecule is O=C(Nc1ccc(C2CC2CNc2ccccc2)cc1)c1ccccc1. The van der Waals surface area contributed by atoms with Crippen molar-refractivity contribution in [2.45, 2.75) is 12.3 Å². The smallest absolute Gasteiger partial charge is 0.255 e. The number of carbonyl (C=O) groups excluding carboxylic acids is 1. The number of hydrogen-bond donors (Lipinski definition) is 2.